The van der Waals surface area contributed by atoms with E-state index in [1.807, 2.05) is 14.1 Å². The molecule has 1 aliphatic carbocycles. The van der Waals surface area contributed by atoms with Gasteiger partial charge in [0.1, 0.15) is 0 Å². The molecule has 1 aliphatic rings. The Labute approximate surface area is 116 Å². The van der Waals surface area contributed by atoms with Crippen LogP contribution in [-0.4, -0.2) is 29.1 Å². The van der Waals surface area contributed by atoms with Crippen molar-refractivity contribution in [3.05, 3.63) is 22.8 Å². The Morgan fingerprint density at radius 1 is 1.47 bits per heavy atom. The molecule has 19 heavy (non-hydrogen) atoms. The van der Waals surface area contributed by atoms with E-state index in [1.165, 1.54) is 5.56 Å². The summed E-state index contributed by atoms with van der Waals surface area (Å²) in [6.07, 6.45) is 3.03. The first-order valence-corrected chi connectivity index (χ1v) is 7.31. The first kappa shape index (κ1) is 12.8. The van der Waals surface area contributed by atoms with Crippen LogP contribution in [-0.2, 0) is 12.1 Å². The maximum atomic E-state index is 6.22. The molecular formula is C13H18N4OS. The zero-order valence-corrected chi connectivity index (χ0v) is 12.0. The van der Waals surface area contributed by atoms with Crippen molar-refractivity contribution in [2.45, 2.75) is 31.3 Å². The first-order valence-electron chi connectivity index (χ1n) is 6.43. The van der Waals surface area contributed by atoms with Crippen LogP contribution in [0.3, 0.4) is 0 Å². The topological polar surface area (TPSA) is 68.2 Å². The predicted octanol–water partition coefficient (Wildman–Crippen LogP) is 2.20. The summed E-state index contributed by atoms with van der Waals surface area (Å²) in [5.41, 5.74) is 7.07. The van der Waals surface area contributed by atoms with Gasteiger partial charge in [0.2, 0.25) is 0 Å². The largest absolute Gasteiger partial charge is 0.333 e. The molecule has 0 radical (unpaired) electrons. The van der Waals surface area contributed by atoms with E-state index in [-0.39, 0.29) is 5.54 Å². The molecule has 0 aromatic carbocycles. The van der Waals surface area contributed by atoms with Gasteiger partial charge in [0.05, 0.1) is 10.4 Å². The minimum absolute atomic E-state index is 0.360. The lowest BCUT2D eigenvalue weighted by Crippen LogP contribution is -2.44. The van der Waals surface area contributed by atoms with Crippen molar-refractivity contribution in [1.29, 1.82) is 0 Å². The molecule has 0 atom stereocenters. The average molecular weight is 278 g/mol. The number of nitrogens with zero attached hydrogens (tertiary/aromatic N) is 3. The van der Waals surface area contributed by atoms with Gasteiger partial charge in [-0.2, -0.15) is 4.98 Å². The van der Waals surface area contributed by atoms with Crippen molar-refractivity contribution in [1.82, 2.24) is 15.0 Å². The molecule has 1 saturated carbocycles. The number of rotatable bonds is 4. The van der Waals surface area contributed by atoms with E-state index >= 15 is 0 Å². The van der Waals surface area contributed by atoms with Gasteiger partial charge in [0, 0.05) is 6.54 Å². The van der Waals surface area contributed by atoms with E-state index in [0.717, 1.165) is 30.7 Å². The van der Waals surface area contributed by atoms with Crippen LogP contribution < -0.4 is 5.73 Å². The average Bonchev–Trinajstić information content (AvgIpc) is 2.93. The van der Waals surface area contributed by atoms with Gasteiger partial charge >= 0.3 is 0 Å². The second kappa shape index (κ2) is 4.70. The summed E-state index contributed by atoms with van der Waals surface area (Å²) in [6.45, 7) is 0.865. The van der Waals surface area contributed by atoms with Gasteiger partial charge in [-0.3, -0.25) is 0 Å². The monoisotopic (exact) mass is 278 g/mol. The van der Waals surface area contributed by atoms with Gasteiger partial charge in [0.15, 0.2) is 5.82 Å². The van der Waals surface area contributed by atoms with E-state index in [4.69, 9.17) is 10.3 Å². The maximum Gasteiger partial charge on any atom is 0.268 e. The molecular weight excluding hydrogens is 260 g/mol. The normalized spacial score (nSPS) is 17.7. The quantitative estimate of drug-likeness (QED) is 0.928. The molecule has 1 fully saturated rings. The summed E-state index contributed by atoms with van der Waals surface area (Å²) >= 11 is 1.63. The number of hydrogen-bond donors (Lipinski definition) is 1. The second-order valence-electron chi connectivity index (χ2n) is 5.45. The lowest BCUT2D eigenvalue weighted by atomic mass is 9.77. The third-order valence-corrected chi connectivity index (χ3v) is 4.49. The van der Waals surface area contributed by atoms with Crippen LogP contribution in [0.4, 0.5) is 0 Å². The van der Waals surface area contributed by atoms with Crippen molar-refractivity contribution in [2.75, 3.05) is 14.1 Å². The molecule has 0 aliphatic heterocycles. The van der Waals surface area contributed by atoms with E-state index in [1.54, 1.807) is 11.3 Å². The lowest BCUT2D eigenvalue weighted by molar-refractivity contribution is 0.229. The standard InChI is InChI=1S/C13H18N4OS/c1-17(2)8-9-4-7-19-10(9)11-15-12(16-18-11)13(14)5-3-6-13/h4,7H,3,5-6,8,14H2,1-2H3. The first-order chi connectivity index (χ1) is 9.08. The Balaban J connectivity index is 1.88. The minimum atomic E-state index is -0.360. The van der Waals surface area contributed by atoms with Crippen LogP contribution in [0.5, 0.6) is 0 Å². The van der Waals surface area contributed by atoms with Gasteiger partial charge in [-0.1, -0.05) is 5.16 Å². The summed E-state index contributed by atoms with van der Waals surface area (Å²) < 4.78 is 5.40. The van der Waals surface area contributed by atoms with E-state index in [0.29, 0.717) is 11.7 Å². The Morgan fingerprint density at radius 2 is 2.26 bits per heavy atom. The molecule has 0 bridgehead atoms. The Bertz CT molecular complexity index is 571. The molecule has 0 amide bonds. The van der Waals surface area contributed by atoms with Crippen molar-refractivity contribution >= 4 is 11.3 Å². The summed E-state index contributed by atoms with van der Waals surface area (Å²) in [4.78, 5) is 7.68. The summed E-state index contributed by atoms with van der Waals surface area (Å²) in [5, 5.41) is 6.12. The molecule has 102 valence electrons. The highest BCUT2D eigenvalue weighted by Gasteiger charge is 2.39. The van der Waals surface area contributed by atoms with Crippen LogP contribution in [0.2, 0.25) is 0 Å². The van der Waals surface area contributed by atoms with Crippen LogP contribution in [0.25, 0.3) is 10.8 Å². The Morgan fingerprint density at radius 3 is 2.89 bits per heavy atom. The van der Waals surface area contributed by atoms with Crippen LogP contribution in [0.15, 0.2) is 16.0 Å². The third kappa shape index (κ3) is 2.31. The van der Waals surface area contributed by atoms with Crippen molar-refractivity contribution < 1.29 is 4.52 Å². The smallest absolute Gasteiger partial charge is 0.268 e. The van der Waals surface area contributed by atoms with Gasteiger partial charge in [-0.15, -0.1) is 11.3 Å². The fourth-order valence-corrected chi connectivity index (χ4v) is 3.12. The molecule has 0 spiro atoms. The van der Waals surface area contributed by atoms with Crippen molar-refractivity contribution in [3.8, 4) is 10.8 Å². The molecule has 0 unspecified atom stereocenters. The molecule has 2 aromatic heterocycles. The van der Waals surface area contributed by atoms with Gasteiger partial charge < -0.3 is 15.2 Å². The zero-order chi connectivity index (χ0) is 13.5. The van der Waals surface area contributed by atoms with Gasteiger partial charge in [0.25, 0.3) is 5.89 Å². The molecule has 0 saturated heterocycles. The molecule has 6 heteroatoms. The highest BCUT2D eigenvalue weighted by Crippen LogP contribution is 2.38. The van der Waals surface area contributed by atoms with Crippen LogP contribution >= 0.6 is 11.3 Å². The highest BCUT2D eigenvalue weighted by molar-refractivity contribution is 7.13. The molecule has 2 aromatic rings. The van der Waals surface area contributed by atoms with Gasteiger partial charge in [-0.05, 0) is 50.4 Å². The zero-order valence-electron chi connectivity index (χ0n) is 11.2. The predicted molar refractivity (Wildman–Crippen MR) is 74.7 cm³/mol. The van der Waals surface area contributed by atoms with Crippen LogP contribution in [0.1, 0.15) is 30.7 Å². The molecule has 5 nitrogen and oxygen atoms in total. The summed E-state index contributed by atoms with van der Waals surface area (Å²) in [7, 11) is 4.09. The summed E-state index contributed by atoms with van der Waals surface area (Å²) in [6, 6.07) is 2.10. The number of thiophene rings is 1. The lowest BCUT2D eigenvalue weighted by Gasteiger charge is -2.34. The SMILES string of the molecule is CN(C)Cc1ccsc1-c1nc(C2(N)CCC2)no1. The van der Waals surface area contributed by atoms with Crippen molar-refractivity contribution in [3.63, 3.8) is 0 Å². The fraction of sp³-hybridized carbons (Fsp3) is 0.538. The molecule has 2 heterocycles. The Kier molecular flexibility index (Phi) is 3.16. The third-order valence-electron chi connectivity index (χ3n) is 3.54. The molecule has 3 rings (SSSR count). The maximum absolute atomic E-state index is 6.22. The second-order valence-corrected chi connectivity index (χ2v) is 6.36. The summed E-state index contributed by atoms with van der Waals surface area (Å²) in [5.74, 6) is 1.25. The number of nitrogens with two attached hydrogens (primary N) is 1. The number of aromatic nitrogens is 2. The van der Waals surface area contributed by atoms with Gasteiger partial charge in [-0.25, -0.2) is 0 Å². The highest BCUT2D eigenvalue weighted by atomic mass is 32.1. The van der Waals surface area contributed by atoms with E-state index < -0.39 is 0 Å². The van der Waals surface area contributed by atoms with Crippen LogP contribution in [0, 0.1) is 0 Å². The minimum Gasteiger partial charge on any atom is -0.333 e. The number of hydrogen-bond acceptors (Lipinski definition) is 6. The fourth-order valence-electron chi connectivity index (χ4n) is 2.29. The van der Waals surface area contributed by atoms with E-state index in [9.17, 15) is 0 Å². The van der Waals surface area contributed by atoms with Crippen molar-refractivity contribution in [2.24, 2.45) is 5.73 Å². The van der Waals surface area contributed by atoms with E-state index in [2.05, 4.69) is 26.5 Å². The Hall–Kier alpha value is -1.24. The molecule has 2 N–H and O–H groups in total.